The van der Waals surface area contributed by atoms with Crippen molar-refractivity contribution in [1.82, 2.24) is 9.80 Å². The van der Waals surface area contributed by atoms with E-state index in [-0.39, 0.29) is 0 Å². The first-order chi connectivity index (χ1) is 12.9. The van der Waals surface area contributed by atoms with Crippen molar-refractivity contribution in [2.45, 2.75) is 78.0 Å². The summed E-state index contributed by atoms with van der Waals surface area (Å²) in [4.78, 5) is 4.92. The summed E-state index contributed by atoms with van der Waals surface area (Å²) >= 11 is 0. The molecule has 0 N–H and O–H groups in total. The van der Waals surface area contributed by atoms with Gasteiger partial charge in [0.25, 0.3) is 0 Å². The monoisotopic (exact) mass is 386 g/mol. The highest BCUT2D eigenvalue weighted by atomic mass is 16.5. The van der Waals surface area contributed by atoms with Gasteiger partial charge in [-0.1, -0.05) is 0 Å². The van der Waals surface area contributed by atoms with Crippen LogP contribution in [-0.4, -0.2) is 99.4 Å². The second-order valence-electron chi connectivity index (χ2n) is 8.52. The van der Waals surface area contributed by atoms with Crippen LogP contribution in [0.2, 0.25) is 0 Å². The normalized spacial score (nSPS) is 30.9. The third kappa shape index (κ3) is 9.68. The lowest BCUT2D eigenvalue weighted by Crippen LogP contribution is -2.47. The topological polar surface area (TPSA) is 43.4 Å². The van der Waals surface area contributed by atoms with E-state index >= 15 is 0 Å². The fourth-order valence-electron chi connectivity index (χ4n) is 4.08. The molecule has 6 heteroatoms. The van der Waals surface area contributed by atoms with E-state index in [1.807, 2.05) is 0 Å². The van der Waals surface area contributed by atoms with Crippen molar-refractivity contribution in [2.24, 2.45) is 0 Å². The first-order valence-electron chi connectivity index (χ1n) is 10.9. The molecule has 2 saturated heterocycles. The van der Waals surface area contributed by atoms with Gasteiger partial charge < -0.3 is 18.9 Å². The lowest BCUT2D eigenvalue weighted by molar-refractivity contribution is -0.0886. The second kappa shape index (κ2) is 12.3. The largest absolute Gasteiger partial charge is 0.380 e. The molecule has 0 saturated carbocycles. The zero-order chi connectivity index (χ0) is 19.6. The summed E-state index contributed by atoms with van der Waals surface area (Å²) in [5, 5.41) is 0. The Bertz CT molecular complexity index is 386. The van der Waals surface area contributed by atoms with Gasteiger partial charge in [0.05, 0.1) is 43.7 Å². The molecule has 0 aliphatic carbocycles. The van der Waals surface area contributed by atoms with Crippen LogP contribution in [-0.2, 0) is 18.9 Å². The van der Waals surface area contributed by atoms with Crippen molar-refractivity contribution in [3.05, 3.63) is 0 Å². The van der Waals surface area contributed by atoms with Crippen LogP contribution in [0.1, 0.15) is 47.5 Å². The van der Waals surface area contributed by atoms with Crippen molar-refractivity contribution < 1.29 is 18.9 Å². The van der Waals surface area contributed by atoms with E-state index in [1.54, 1.807) is 0 Å². The lowest BCUT2D eigenvalue weighted by Gasteiger charge is -2.37. The number of ether oxygens (including phenoxy) is 4. The number of rotatable bonds is 11. The van der Waals surface area contributed by atoms with Crippen LogP contribution in [0.5, 0.6) is 0 Å². The van der Waals surface area contributed by atoms with E-state index in [1.165, 1.54) is 0 Å². The average molecular weight is 387 g/mol. The Balaban J connectivity index is 1.52. The molecule has 2 aliphatic heterocycles. The van der Waals surface area contributed by atoms with Gasteiger partial charge in [-0.15, -0.1) is 0 Å². The summed E-state index contributed by atoms with van der Waals surface area (Å²) in [5.74, 6) is 0. The van der Waals surface area contributed by atoms with E-state index in [2.05, 4.69) is 44.4 Å². The Morgan fingerprint density at radius 2 is 1.41 bits per heavy atom. The van der Waals surface area contributed by atoms with Crippen LogP contribution < -0.4 is 0 Å². The molecule has 2 rings (SSSR count). The summed E-state index contributed by atoms with van der Waals surface area (Å²) in [6, 6.07) is 0. The molecule has 0 aromatic rings. The summed E-state index contributed by atoms with van der Waals surface area (Å²) in [5.41, 5.74) is 0. The summed E-state index contributed by atoms with van der Waals surface area (Å²) < 4.78 is 23.4. The highest BCUT2D eigenvalue weighted by Gasteiger charge is 2.25. The van der Waals surface area contributed by atoms with E-state index in [9.17, 15) is 0 Å². The Hall–Kier alpha value is -0.240. The first kappa shape index (κ1) is 23.0. The molecule has 0 radical (unpaired) electrons. The van der Waals surface area contributed by atoms with Crippen LogP contribution >= 0.6 is 0 Å². The van der Waals surface area contributed by atoms with Gasteiger partial charge in [0.15, 0.2) is 0 Å². The van der Waals surface area contributed by atoms with Gasteiger partial charge in [-0.3, -0.25) is 9.80 Å². The molecular formula is C21H42N2O4. The first-order valence-corrected chi connectivity index (χ1v) is 10.9. The molecule has 4 atom stereocenters. The van der Waals surface area contributed by atoms with Gasteiger partial charge in [0.2, 0.25) is 0 Å². The lowest BCUT2D eigenvalue weighted by atomic mass is 10.1. The molecular weight excluding hydrogens is 344 g/mol. The maximum Gasteiger partial charge on any atom is 0.0707 e. The standard InChI is InChI=1S/C21H42N2O4/c1-17(2)25-12-9-23-15-20(5)27-21(16-23)7-6-10-24-11-8-22-13-18(3)26-19(4)14-22/h17-21H,6-16H2,1-5H3/t18-,19+,20?,21?. The molecule has 0 amide bonds. The highest BCUT2D eigenvalue weighted by molar-refractivity contribution is 4.76. The third-order valence-electron chi connectivity index (χ3n) is 5.12. The molecule has 27 heavy (non-hydrogen) atoms. The van der Waals surface area contributed by atoms with Gasteiger partial charge in [0, 0.05) is 45.9 Å². The van der Waals surface area contributed by atoms with Crippen LogP contribution in [0.25, 0.3) is 0 Å². The minimum atomic E-state index is 0.300. The van der Waals surface area contributed by atoms with Crippen molar-refractivity contribution >= 4 is 0 Å². The van der Waals surface area contributed by atoms with Crippen LogP contribution in [0, 0.1) is 0 Å². The van der Waals surface area contributed by atoms with E-state index in [0.29, 0.717) is 30.5 Å². The maximum atomic E-state index is 6.11. The van der Waals surface area contributed by atoms with Crippen LogP contribution in [0.3, 0.4) is 0 Å². The highest BCUT2D eigenvalue weighted by Crippen LogP contribution is 2.15. The number of morpholine rings is 2. The molecule has 6 nitrogen and oxygen atoms in total. The van der Waals surface area contributed by atoms with Gasteiger partial charge in [-0.25, -0.2) is 0 Å². The Morgan fingerprint density at radius 1 is 0.815 bits per heavy atom. The average Bonchev–Trinajstić information content (AvgIpc) is 2.56. The maximum absolute atomic E-state index is 6.11. The molecule has 2 heterocycles. The SMILES string of the molecule is CC(C)OCCN1CC(C)OC(CCCOCCN2C[C@@H](C)O[C@@H](C)C2)C1. The molecule has 0 aromatic heterocycles. The minimum absolute atomic E-state index is 0.300. The van der Waals surface area contributed by atoms with E-state index in [4.69, 9.17) is 18.9 Å². The van der Waals surface area contributed by atoms with Gasteiger partial charge in [-0.05, 0) is 47.5 Å². The predicted molar refractivity (Wildman–Crippen MR) is 108 cm³/mol. The fourth-order valence-corrected chi connectivity index (χ4v) is 4.08. The van der Waals surface area contributed by atoms with Gasteiger partial charge in [0.1, 0.15) is 0 Å². The zero-order valence-electron chi connectivity index (χ0n) is 18.2. The van der Waals surface area contributed by atoms with Crippen LogP contribution in [0.15, 0.2) is 0 Å². The fraction of sp³-hybridized carbons (Fsp3) is 1.00. The summed E-state index contributed by atoms with van der Waals surface area (Å²) in [6.45, 7) is 19.1. The Morgan fingerprint density at radius 3 is 2.07 bits per heavy atom. The van der Waals surface area contributed by atoms with Crippen molar-refractivity contribution in [2.75, 3.05) is 59.1 Å². The minimum Gasteiger partial charge on any atom is -0.380 e. The molecule has 2 fully saturated rings. The molecule has 0 bridgehead atoms. The number of nitrogens with zero attached hydrogens (tertiary/aromatic N) is 2. The number of hydrogen-bond acceptors (Lipinski definition) is 6. The van der Waals surface area contributed by atoms with Crippen molar-refractivity contribution in [3.63, 3.8) is 0 Å². The third-order valence-corrected chi connectivity index (χ3v) is 5.12. The summed E-state index contributed by atoms with van der Waals surface area (Å²) in [6.07, 6.45) is 3.70. The van der Waals surface area contributed by atoms with E-state index < -0.39 is 0 Å². The van der Waals surface area contributed by atoms with Crippen molar-refractivity contribution in [1.29, 1.82) is 0 Å². The van der Waals surface area contributed by atoms with E-state index in [0.717, 1.165) is 71.9 Å². The van der Waals surface area contributed by atoms with Crippen LogP contribution in [0.4, 0.5) is 0 Å². The Labute approximate surface area is 166 Å². The molecule has 160 valence electrons. The van der Waals surface area contributed by atoms with Gasteiger partial charge in [-0.2, -0.15) is 0 Å². The molecule has 0 spiro atoms. The second-order valence-corrected chi connectivity index (χ2v) is 8.52. The summed E-state index contributed by atoms with van der Waals surface area (Å²) in [7, 11) is 0. The van der Waals surface area contributed by atoms with Crippen molar-refractivity contribution in [3.8, 4) is 0 Å². The molecule has 2 aliphatic rings. The predicted octanol–water partition coefficient (Wildman–Crippen LogP) is 2.41. The Kier molecular flexibility index (Phi) is 10.5. The quantitative estimate of drug-likeness (QED) is 0.508. The zero-order valence-corrected chi connectivity index (χ0v) is 18.2. The van der Waals surface area contributed by atoms with Gasteiger partial charge >= 0.3 is 0 Å². The molecule has 2 unspecified atom stereocenters. The number of hydrogen-bond donors (Lipinski definition) is 0. The molecule has 0 aromatic carbocycles. The smallest absolute Gasteiger partial charge is 0.0707 e.